The number of nitrogens with one attached hydrogen (secondary N) is 1. The molecule has 1 aliphatic carbocycles. The van der Waals surface area contributed by atoms with E-state index in [2.05, 4.69) is 5.32 Å². The highest BCUT2D eigenvalue weighted by molar-refractivity contribution is 6.32. The summed E-state index contributed by atoms with van der Waals surface area (Å²) in [5, 5.41) is 11.6. The molecule has 0 radical (unpaired) electrons. The minimum absolute atomic E-state index is 0.226. The largest absolute Gasteiger partial charge is 0.480 e. The van der Waals surface area contributed by atoms with Crippen LogP contribution in [-0.2, 0) is 9.59 Å². The highest BCUT2D eigenvalue weighted by Crippen LogP contribution is 2.25. The van der Waals surface area contributed by atoms with Gasteiger partial charge in [0.1, 0.15) is 6.04 Å². The summed E-state index contributed by atoms with van der Waals surface area (Å²) in [6.45, 7) is 0. The number of allylic oxidation sites excluding steroid dienone is 3. The maximum absolute atomic E-state index is 10.8. The molecule has 4 nitrogen and oxygen atoms in total. The van der Waals surface area contributed by atoms with Crippen molar-refractivity contribution in [1.82, 2.24) is 5.32 Å². The quantitative estimate of drug-likeness (QED) is 0.701. The predicted molar refractivity (Wildman–Crippen MR) is 56.5 cm³/mol. The summed E-state index contributed by atoms with van der Waals surface area (Å²) in [5.74, 6) is -1.06. The van der Waals surface area contributed by atoms with Crippen molar-refractivity contribution in [3.63, 3.8) is 0 Å². The summed E-state index contributed by atoms with van der Waals surface area (Å²) in [6, 6.07) is -0.908. The molecule has 0 saturated heterocycles. The zero-order valence-electron chi connectivity index (χ0n) is 8.07. The fourth-order valence-corrected chi connectivity index (χ4v) is 1.66. The minimum Gasteiger partial charge on any atom is -0.480 e. The van der Waals surface area contributed by atoms with Gasteiger partial charge in [0.2, 0.25) is 6.41 Å². The van der Waals surface area contributed by atoms with Crippen molar-refractivity contribution in [3.8, 4) is 0 Å². The van der Waals surface area contributed by atoms with Crippen LogP contribution < -0.4 is 5.32 Å². The number of aliphatic carboxylic acids is 1. The number of hydrogen-bond acceptors (Lipinski definition) is 2. The Kier molecular flexibility index (Phi) is 4.37. The normalized spacial score (nSPS) is 17.4. The molecule has 15 heavy (non-hydrogen) atoms. The van der Waals surface area contributed by atoms with Gasteiger partial charge in [-0.2, -0.15) is 0 Å². The lowest BCUT2D eigenvalue weighted by atomic mass is 10.00. The van der Waals surface area contributed by atoms with Crippen LogP contribution in [-0.4, -0.2) is 23.5 Å². The molecule has 82 valence electrons. The van der Waals surface area contributed by atoms with Crippen molar-refractivity contribution in [2.75, 3.05) is 0 Å². The monoisotopic (exact) mass is 229 g/mol. The Balaban J connectivity index is 2.65. The van der Waals surface area contributed by atoms with E-state index in [0.717, 1.165) is 18.4 Å². The Morgan fingerprint density at radius 1 is 1.60 bits per heavy atom. The molecular formula is C10H12ClNO3. The van der Waals surface area contributed by atoms with Crippen molar-refractivity contribution >= 4 is 24.0 Å². The Labute approximate surface area is 92.6 Å². The Bertz CT molecular complexity index is 323. The van der Waals surface area contributed by atoms with Crippen molar-refractivity contribution in [1.29, 1.82) is 0 Å². The van der Waals surface area contributed by atoms with Crippen LogP contribution in [0.15, 0.2) is 22.8 Å². The highest BCUT2D eigenvalue weighted by atomic mass is 35.5. The maximum atomic E-state index is 10.8. The van der Waals surface area contributed by atoms with Crippen molar-refractivity contribution < 1.29 is 14.7 Å². The van der Waals surface area contributed by atoms with Gasteiger partial charge >= 0.3 is 5.97 Å². The van der Waals surface area contributed by atoms with Crippen molar-refractivity contribution in [2.24, 2.45) is 0 Å². The molecule has 0 aromatic carbocycles. The number of rotatable bonds is 5. The minimum atomic E-state index is -1.06. The lowest BCUT2D eigenvalue weighted by molar-refractivity contribution is -0.140. The third kappa shape index (κ3) is 3.40. The number of carbonyl (C=O) groups is 2. The third-order valence-electron chi connectivity index (χ3n) is 2.18. The van der Waals surface area contributed by atoms with Crippen LogP contribution in [0.1, 0.15) is 19.3 Å². The molecule has 1 aliphatic rings. The molecule has 1 rings (SSSR count). The summed E-state index contributed by atoms with van der Waals surface area (Å²) in [6.07, 6.45) is 6.12. The van der Waals surface area contributed by atoms with Gasteiger partial charge in [-0.25, -0.2) is 4.79 Å². The lowest BCUT2D eigenvalue weighted by Crippen LogP contribution is -2.36. The number of hydrogen-bond donors (Lipinski definition) is 2. The molecule has 0 bridgehead atoms. The van der Waals surface area contributed by atoms with Gasteiger partial charge in [0.15, 0.2) is 0 Å². The van der Waals surface area contributed by atoms with Crippen LogP contribution in [0.2, 0.25) is 0 Å². The van der Waals surface area contributed by atoms with Crippen LogP contribution in [0.5, 0.6) is 0 Å². The van der Waals surface area contributed by atoms with E-state index in [1.165, 1.54) is 0 Å². The number of amides is 1. The Hall–Kier alpha value is -1.29. The average molecular weight is 230 g/mol. The molecule has 1 unspecified atom stereocenters. The highest BCUT2D eigenvalue weighted by Gasteiger charge is 2.19. The van der Waals surface area contributed by atoms with Crippen LogP contribution in [0.4, 0.5) is 0 Å². The molecule has 0 saturated carbocycles. The number of carboxylic acid groups (broad SMARTS) is 1. The van der Waals surface area contributed by atoms with E-state index in [4.69, 9.17) is 16.7 Å². The number of carboxylic acids is 1. The van der Waals surface area contributed by atoms with Gasteiger partial charge < -0.3 is 10.4 Å². The molecule has 1 amide bonds. The van der Waals surface area contributed by atoms with E-state index in [1.807, 2.05) is 12.2 Å². The topological polar surface area (TPSA) is 66.4 Å². The fourth-order valence-electron chi connectivity index (χ4n) is 1.40. The van der Waals surface area contributed by atoms with Crippen molar-refractivity contribution in [2.45, 2.75) is 25.3 Å². The van der Waals surface area contributed by atoms with Crippen LogP contribution in [0.25, 0.3) is 0 Å². The van der Waals surface area contributed by atoms with E-state index in [1.54, 1.807) is 0 Å². The smallest absolute Gasteiger partial charge is 0.326 e. The van der Waals surface area contributed by atoms with Gasteiger partial charge in [-0.1, -0.05) is 23.8 Å². The molecule has 5 heteroatoms. The van der Waals surface area contributed by atoms with Gasteiger partial charge in [0.05, 0.1) is 0 Å². The van der Waals surface area contributed by atoms with E-state index in [9.17, 15) is 9.59 Å². The molecule has 2 N–H and O–H groups in total. The molecule has 1 atom stereocenters. The molecule has 0 heterocycles. The van der Waals surface area contributed by atoms with Crippen LogP contribution in [0, 0.1) is 0 Å². The van der Waals surface area contributed by atoms with Crippen LogP contribution in [0.3, 0.4) is 0 Å². The van der Waals surface area contributed by atoms with E-state index < -0.39 is 12.0 Å². The number of halogens is 1. The molecule has 0 aromatic rings. The summed E-state index contributed by atoms with van der Waals surface area (Å²) in [4.78, 5) is 21.0. The van der Waals surface area contributed by atoms with E-state index in [0.29, 0.717) is 11.4 Å². The molecule has 0 aliphatic heterocycles. The van der Waals surface area contributed by atoms with Crippen LogP contribution >= 0.6 is 11.6 Å². The number of carbonyl (C=O) groups excluding carboxylic acids is 1. The summed E-state index contributed by atoms with van der Waals surface area (Å²) >= 11 is 5.92. The first-order chi connectivity index (χ1) is 7.15. The first-order valence-corrected chi connectivity index (χ1v) is 5.00. The fraction of sp³-hybridized carbons (Fsp3) is 0.400. The third-order valence-corrected chi connectivity index (χ3v) is 2.58. The summed E-state index contributed by atoms with van der Waals surface area (Å²) in [5.41, 5.74) is 0.782. The standard InChI is InChI=1S/C10H12ClNO3/c11-8-4-2-1-3-7(8)5-9(10(14)15)12-6-13/h3-4,6,9H,1-2,5H2,(H,12,13)(H,14,15). The average Bonchev–Trinajstić information content (AvgIpc) is 2.20. The SMILES string of the molecule is O=CNC(CC1=CCCC=C1Cl)C(=O)O. The zero-order valence-corrected chi connectivity index (χ0v) is 8.83. The van der Waals surface area contributed by atoms with Gasteiger partial charge in [-0.05, 0) is 18.4 Å². The second kappa shape index (κ2) is 5.56. The molecule has 0 aromatic heterocycles. The molecule has 0 spiro atoms. The lowest BCUT2D eigenvalue weighted by Gasteiger charge is -2.15. The van der Waals surface area contributed by atoms with E-state index >= 15 is 0 Å². The predicted octanol–water partition coefficient (Wildman–Crippen LogP) is 1.42. The molecular weight excluding hydrogens is 218 g/mol. The molecule has 0 fully saturated rings. The second-order valence-electron chi connectivity index (χ2n) is 3.24. The Morgan fingerprint density at radius 2 is 2.27 bits per heavy atom. The van der Waals surface area contributed by atoms with Gasteiger partial charge in [0, 0.05) is 11.5 Å². The first kappa shape index (κ1) is 11.8. The summed E-state index contributed by atoms with van der Waals surface area (Å²) in [7, 11) is 0. The summed E-state index contributed by atoms with van der Waals surface area (Å²) < 4.78 is 0. The van der Waals surface area contributed by atoms with E-state index in [-0.39, 0.29) is 6.42 Å². The van der Waals surface area contributed by atoms with Gasteiger partial charge in [-0.3, -0.25) is 4.79 Å². The maximum Gasteiger partial charge on any atom is 0.326 e. The zero-order chi connectivity index (χ0) is 11.3. The van der Waals surface area contributed by atoms with Gasteiger partial charge in [-0.15, -0.1) is 0 Å². The van der Waals surface area contributed by atoms with Crippen molar-refractivity contribution in [3.05, 3.63) is 22.8 Å². The first-order valence-electron chi connectivity index (χ1n) is 4.62. The second-order valence-corrected chi connectivity index (χ2v) is 3.65. The van der Waals surface area contributed by atoms with Gasteiger partial charge in [0.25, 0.3) is 0 Å². The Morgan fingerprint density at radius 3 is 2.80 bits per heavy atom.